The van der Waals surface area contributed by atoms with Crippen LogP contribution in [0.2, 0.25) is 5.02 Å². The molecule has 1 unspecified atom stereocenters. The molecule has 1 aromatic heterocycles. The fraction of sp³-hybridized carbons (Fsp3) is 0.333. The first-order chi connectivity index (χ1) is 8.65. The van der Waals surface area contributed by atoms with Gasteiger partial charge in [0.25, 0.3) is 0 Å². The Balaban J connectivity index is 2.34. The second kappa shape index (κ2) is 5.59. The van der Waals surface area contributed by atoms with Gasteiger partial charge in [0.05, 0.1) is 29.4 Å². The number of hydrogen-bond acceptors (Lipinski definition) is 3. The molecule has 0 aliphatic carbocycles. The van der Waals surface area contributed by atoms with Gasteiger partial charge in [0.2, 0.25) is 0 Å². The first-order valence-electron chi connectivity index (χ1n) is 5.56. The van der Waals surface area contributed by atoms with Crippen LogP contribution in [0.4, 0.5) is 0 Å². The molecular weight excluding hydrogens is 273 g/mol. The van der Waals surface area contributed by atoms with E-state index in [0.29, 0.717) is 10.8 Å². The van der Waals surface area contributed by atoms with Crippen molar-refractivity contribution in [1.29, 1.82) is 0 Å². The van der Waals surface area contributed by atoms with Gasteiger partial charge in [0.15, 0.2) is 0 Å². The van der Waals surface area contributed by atoms with E-state index in [9.17, 15) is 0 Å². The molecule has 0 aliphatic rings. The summed E-state index contributed by atoms with van der Waals surface area (Å²) < 4.78 is 6.82. The van der Waals surface area contributed by atoms with Crippen molar-refractivity contribution >= 4 is 23.2 Å². The summed E-state index contributed by atoms with van der Waals surface area (Å²) in [6.07, 6.45) is 2.62. The molecule has 1 heterocycles. The molecule has 0 saturated carbocycles. The maximum atomic E-state index is 6.11. The lowest BCUT2D eigenvalue weighted by atomic mass is 10.2. The van der Waals surface area contributed by atoms with Crippen molar-refractivity contribution in [1.82, 2.24) is 15.0 Å². The number of alkyl halides is 1. The molecule has 96 valence electrons. The molecule has 4 nitrogen and oxygen atoms in total. The van der Waals surface area contributed by atoms with Crippen LogP contribution in [-0.4, -0.2) is 22.1 Å². The second-order valence-electron chi connectivity index (χ2n) is 3.78. The molecule has 1 aromatic carbocycles. The molecule has 6 heteroatoms. The molecule has 2 aromatic rings. The predicted molar refractivity (Wildman–Crippen MR) is 71.8 cm³/mol. The molecule has 0 aliphatic heterocycles. The Morgan fingerprint density at radius 2 is 2.22 bits per heavy atom. The summed E-state index contributed by atoms with van der Waals surface area (Å²) in [6.45, 7) is 2.00. The Kier molecular flexibility index (Phi) is 4.09. The van der Waals surface area contributed by atoms with Crippen LogP contribution in [0, 0.1) is 0 Å². The Morgan fingerprint density at radius 3 is 2.89 bits per heavy atom. The molecule has 18 heavy (non-hydrogen) atoms. The van der Waals surface area contributed by atoms with Crippen LogP contribution in [0.5, 0.6) is 5.75 Å². The summed E-state index contributed by atoms with van der Waals surface area (Å²) in [5.74, 6) is 0.601. The molecular formula is C12H13Cl2N3O. The largest absolute Gasteiger partial charge is 0.495 e. The number of rotatable bonds is 4. The standard InChI is InChI=1S/C12H13Cl2N3O/c1-3-9(13)11-7-17(16-15-11)8-4-5-10(14)12(6-8)18-2/h4-7,9H,3H2,1-2H3. The molecule has 0 spiro atoms. The summed E-state index contributed by atoms with van der Waals surface area (Å²) in [7, 11) is 1.57. The van der Waals surface area contributed by atoms with E-state index in [0.717, 1.165) is 17.8 Å². The third-order valence-corrected chi connectivity index (χ3v) is 3.43. The van der Waals surface area contributed by atoms with E-state index < -0.39 is 0 Å². The Hall–Kier alpha value is -1.26. The maximum absolute atomic E-state index is 6.11. The van der Waals surface area contributed by atoms with Crippen LogP contribution in [0.1, 0.15) is 24.4 Å². The van der Waals surface area contributed by atoms with Gasteiger partial charge in [-0.1, -0.05) is 23.7 Å². The maximum Gasteiger partial charge on any atom is 0.139 e. The van der Waals surface area contributed by atoms with Crippen molar-refractivity contribution in [2.75, 3.05) is 7.11 Å². The minimum Gasteiger partial charge on any atom is -0.495 e. The van der Waals surface area contributed by atoms with E-state index in [1.54, 1.807) is 23.9 Å². The predicted octanol–water partition coefficient (Wildman–Crippen LogP) is 3.62. The van der Waals surface area contributed by atoms with E-state index >= 15 is 0 Å². The summed E-state index contributed by atoms with van der Waals surface area (Å²) in [4.78, 5) is 0. The number of ether oxygens (including phenoxy) is 1. The number of aromatic nitrogens is 3. The van der Waals surface area contributed by atoms with Crippen LogP contribution >= 0.6 is 23.2 Å². The zero-order valence-corrected chi connectivity index (χ0v) is 11.6. The molecule has 0 saturated heterocycles. The lowest BCUT2D eigenvalue weighted by Crippen LogP contribution is -1.96. The van der Waals surface area contributed by atoms with Crippen LogP contribution in [0.3, 0.4) is 0 Å². The SMILES string of the molecule is CCC(Cl)c1cn(-c2ccc(Cl)c(OC)c2)nn1. The monoisotopic (exact) mass is 285 g/mol. The quantitative estimate of drug-likeness (QED) is 0.806. The number of hydrogen-bond donors (Lipinski definition) is 0. The van der Waals surface area contributed by atoms with E-state index in [-0.39, 0.29) is 5.38 Å². The van der Waals surface area contributed by atoms with Gasteiger partial charge in [-0.15, -0.1) is 16.7 Å². The second-order valence-corrected chi connectivity index (χ2v) is 4.72. The van der Waals surface area contributed by atoms with Gasteiger partial charge in [-0.25, -0.2) is 4.68 Å². The average molecular weight is 286 g/mol. The lowest BCUT2D eigenvalue weighted by molar-refractivity contribution is 0.414. The zero-order valence-electron chi connectivity index (χ0n) is 10.1. The first kappa shape index (κ1) is 13.2. The fourth-order valence-corrected chi connectivity index (χ4v) is 1.84. The summed E-state index contributed by atoms with van der Waals surface area (Å²) >= 11 is 12.1. The molecule has 0 fully saturated rings. The minimum absolute atomic E-state index is 0.118. The molecule has 0 amide bonds. The topological polar surface area (TPSA) is 39.9 Å². The molecule has 0 N–H and O–H groups in total. The average Bonchev–Trinajstić information content (AvgIpc) is 2.88. The summed E-state index contributed by atoms with van der Waals surface area (Å²) in [6, 6.07) is 5.41. The lowest BCUT2D eigenvalue weighted by Gasteiger charge is -2.05. The Morgan fingerprint density at radius 1 is 1.44 bits per heavy atom. The van der Waals surface area contributed by atoms with Crippen molar-refractivity contribution in [2.45, 2.75) is 18.7 Å². The van der Waals surface area contributed by atoms with Crippen LogP contribution in [-0.2, 0) is 0 Å². The van der Waals surface area contributed by atoms with E-state index in [1.165, 1.54) is 0 Å². The molecule has 1 atom stereocenters. The van der Waals surface area contributed by atoms with Gasteiger partial charge in [-0.05, 0) is 18.6 Å². The van der Waals surface area contributed by atoms with Crippen molar-refractivity contribution < 1.29 is 4.74 Å². The van der Waals surface area contributed by atoms with Crippen LogP contribution in [0.15, 0.2) is 24.4 Å². The highest BCUT2D eigenvalue weighted by Gasteiger charge is 2.11. The van der Waals surface area contributed by atoms with Crippen molar-refractivity contribution in [2.24, 2.45) is 0 Å². The molecule has 2 rings (SSSR count). The highest BCUT2D eigenvalue weighted by atomic mass is 35.5. The zero-order chi connectivity index (χ0) is 13.1. The van der Waals surface area contributed by atoms with Gasteiger partial charge in [0, 0.05) is 6.07 Å². The smallest absolute Gasteiger partial charge is 0.139 e. The number of methoxy groups -OCH3 is 1. The van der Waals surface area contributed by atoms with Crippen molar-refractivity contribution in [3.63, 3.8) is 0 Å². The van der Waals surface area contributed by atoms with Crippen LogP contribution in [0.25, 0.3) is 5.69 Å². The van der Waals surface area contributed by atoms with E-state index in [1.807, 2.05) is 19.2 Å². The van der Waals surface area contributed by atoms with Gasteiger partial charge in [-0.2, -0.15) is 0 Å². The molecule has 0 bridgehead atoms. The van der Waals surface area contributed by atoms with Gasteiger partial charge in [-0.3, -0.25) is 0 Å². The Labute approximate surface area is 115 Å². The number of halogens is 2. The highest BCUT2D eigenvalue weighted by molar-refractivity contribution is 6.32. The van der Waals surface area contributed by atoms with Crippen LogP contribution < -0.4 is 4.74 Å². The first-order valence-corrected chi connectivity index (χ1v) is 6.37. The van der Waals surface area contributed by atoms with E-state index in [4.69, 9.17) is 27.9 Å². The Bertz CT molecular complexity index is 542. The normalized spacial score (nSPS) is 12.4. The number of nitrogens with zero attached hydrogens (tertiary/aromatic N) is 3. The fourth-order valence-electron chi connectivity index (χ4n) is 1.55. The summed E-state index contributed by atoms with van der Waals surface area (Å²) in [5, 5.41) is 8.54. The van der Waals surface area contributed by atoms with Gasteiger partial charge in [0.1, 0.15) is 11.4 Å². The number of benzene rings is 1. The molecule has 0 radical (unpaired) electrons. The van der Waals surface area contributed by atoms with Gasteiger partial charge >= 0.3 is 0 Å². The minimum atomic E-state index is -0.118. The summed E-state index contributed by atoms with van der Waals surface area (Å²) in [5.41, 5.74) is 1.59. The third kappa shape index (κ3) is 2.60. The van der Waals surface area contributed by atoms with Crippen molar-refractivity contribution in [3.05, 3.63) is 35.1 Å². The van der Waals surface area contributed by atoms with Crippen molar-refractivity contribution in [3.8, 4) is 11.4 Å². The third-order valence-electron chi connectivity index (χ3n) is 2.59. The van der Waals surface area contributed by atoms with Gasteiger partial charge < -0.3 is 4.74 Å². The highest BCUT2D eigenvalue weighted by Crippen LogP contribution is 2.27. The van der Waals surface area contributed by atoms with E-state index in [2.05, 4.69) is 10.3 Å².